The lowest BCUT2D eigenvalue weighted by Crippen LogP contribution is -2.85. The molecule has 1 saturated carbocycles. The molecule has 1 aromatic rings. The van der Waals surface area contributed by atoms with Gasteiger partial charge in [-0.3, -0.25) is 4.79 Å². The van der Waals surface area contributed by atoms with E-state index in [4.69, 9.17) is 23.7 Å². The Morgan fingerprint density at radius 1 is 0.897 bits per heavy atom. The van der Waals surface area contributed by atoms with Gasteiger partial charge in [0, 0.05) is 26.4 Å². The Balaban J connectivity index is 2.86. The lowest BCUT2D eigenvalue weighted by atomic mass is 9.48. The van der Waals surface area contributed by atoms with Crippen molar-refractivity contribution >= 4 is 5.97 Å². The molecule has 2 rings (SSSR count). The number of hydrogen-bond acceptors (Lipinski definition) is 7. The van der Waals surface area contributed by atoms with E-state index >= 15 is 0 Å². The molecule has 0 saturated heterocycles. The Kier molecular flexibility index (Phi) is 7.78. The molecule has 2 atom stereocenters. The summed E-state index contributed by atoms with van der Waals surface area (Å²) < 4.78 is 29.8. The van der Waals surface area contributed by atoms with Crippen LogP contribution in [0.1, 0.15) is 46.1 Å². The van der Waals surface area contributed by atoms with Gasteiger partial charge in [-0.15, -0.1) is 0 Å². The van der Waals surface area contributed by atoms with Crippen molar-refractivity contribution in [2.24, 2.45) is 5.41 Å². The fourth-order valence-electron chi connectivity index (χ4n) is 4.36. The van der Waals surface area contributed by atoms with E-state index < -0.39 is 28.9 Å². The summed E-state index contributed by atoms with van der Waals surface area (Å²) in [7, 11) is 0. The van der Waals surface area contributed by atoms with Gasteiger partial charge in [-0.05, 0) is 40.2 Å². The average Bonchev–Trinajstić information content (AvgIpc) is 2.72. The van der Waals surface area contributed by atoms with Crippen LogP contribution in [0.2, 0.25) is 0 Å². The lowest BCUT2D eigenvalue weighted by molar-refractivity contribution is -0.499. The predicted octanol–water partition coefficient (Wildman–Crippen LogP) is 3.40. The summed E-state index contributed by atoms with van der Waals surface area (Å²) in [5.41, 5.74) is -1.10. The molecule has 7 nitrogen and oxygen atoms in total. The molecule has 1 aliphatic rings. The van der Waals surface area contributed by atoms with Crippen molar-refractivity contribution in [3.63, 3.8) is 0 Å². The molecule has 0 aromatic heterocycles. The molecule has 0 spiro atoms. The Bertz CT molecular complexity index is 704. The monoisotopic (exact) mass is 405 g/mol. The molecule has 1 aliphatic carbocycles. The van der Waals surface area contributed by atoms with Crippen LogP contribution < -0.4 is 0 Å². The smallest absolute Gasteiger partial charge is 0.333 e. The molecule has 0 aliphatic heterocycles. The minimum absolute atomic E-state index is 0.119. The topological polar surface area (TPSA) is 87.0 Å². The number of carbonyl (C=O) groups excluding carboxylic acids is 1. The molecule has 1 aromatic carbocycles. The summed E-state index contributed by atoms with van der Waals surface area (Å²) >= 11 is 0. The molecule has 0 N–H and O–H groups in total. The normalized spacial score (nSPS) is 24.3. The third kappa shape index (κ3) is 3.24. The van der Waals surface area contributed by atoms with Gasteiger partial charge in [-0.25, -0.2) is 0 Å². The van der Waals surface area contributed by atoms with E-state index in [0.29, 0.717) is 5.56 Å². The quantitative estimate of drug-likeness (QED) is 0.412. The highest BCUT2D eigenvalue weighted by Crippen LogP contribution is 2.70. The minimum Gasteiger partial charge on any atom is -0.465 e. The zero-order valence-corrected chi connectivity index (χ0v) is 17.9. The maximum absolute atomic E-state index is 13.3. The Morgan fingerprint density at radius 2 is 1.41 bits per heavy atom. The minimum atomic E-state index is -1.80. The second kappa shape index (κ2) is 9.68. The summed E-state index contributed by atoms with van der Waals surface area (Å²) in [6.07, 6.45) is 0. The number of carbonyl (C=O) groups is 1. The SMILES string of the molecule is CCOC(=O)[C@]1(C#N)[C@@H](c2ccccc2)C(OCC)(OCC)C1(OCC)OCC. The van der Waals surface area contributed by atoms with Crippen molar-refractivity contribution in [2.75, 3.05) is 33.0 Å². The van der Waals surface area contributed by atoms with E-state index in [9.17, 15) is 10.1 Å². The molecule has 29 heavy (non-hydrogen) atoms. The van der Waals surface area contributed by atoms with Crippen LogP contribution in [-0.2, 0) is 28.5 Å². The number of esters is 1. The van der Waals surface area contributed by atoms with E-state index in [2.05, 4.69) is 6.07 Å². The number of rotatable bonds is 11. The van der Waals surface area contributed by atoms with E-state index in [1.165, 1.54) is 0 Å². The summed E-state index contributed by atoms with van der Waals surface area (Å²) in [6.45, 7) is 9.92. The second-order valence-electron chi connectivity index (χ2n) is 6.50. The van der Waals surface area contributed by atoms with Crippen LogP contribution in [0.15, 0.2) is 30.3 Å². The van der Waals surface area contributed by atoms with Crippen molar-refractivity contribution in [3.05, 3.63) is 35.9 Å². The van der Waals surface area contributed by atoms with E-state index in [0.717, 1.165) is 0 Å². The number of hydrogen-bond donors (Lipinski definition) is 0. The van der Waals surface area contributed by atoms with Gasteiger partial charge >= 0.3 is 5.97 Å². The summed E-state index contributed by atoms with van der Waals surface area (Å²) in [4.78, 5) is 13.3. The Hall–Kier alpha value is -1.98. The van der Waals surface area contributed by atoms with Gasteiger partial charge in [0.15, 0.2) is 0 Å². The predicted molar refractivity (Wildman–Crippen MR) is 106 cm³/mol. The van der Waals surface area contributed by atoms with Crippen molar-refractivity contribution in [1.82, 2.24) is 0 Å². The molecule has 0 radical (unpaired) electrons. The molecular weight excluding hydrogens is 374 g/mol. The third-order valence-corrected chi connectivity index (χ3v) is 5.11. The second-order valence-corrected chi connectivity index (χ2v) is 6.50. The highest BCUT2D eigenvalue weighted by atomic mass is 16.8. The van der Waals surface area contributed by atoms with Crippen LogP contribution in [0.4, 0.5) is 0 Å². The molecular formula is C22H31NO6. The largest absolute Gasteiger partial charge is 0.465 e. The van der Waals surface area contributed by atoms with Crippen LogP contribution in [-0.4, -0.2) is 50.6 Å². The van der Waals surface area contributed by atoms with Crippen molar-refractivity contribution in [2.45, 2.75) is 52.1 Å². The molecule has 0 heterocycles. The molecule has 1 fully saturated rings. The Morgan fingerprint density at radius 3 is 1.83 bits per heavy atom. The molecule has 0 bridgehead atoms. The highest BCUT2D eigenvalue weighted by molar-refractivity contribution is 5.86. The average molecular weight is 405 g/mol. The van der Waals surface area contributed by atoms with Gasteiger partial charge in [0.25, 0.3) is 5.79 Å². The number of nitrogens with zero attached hydrogens (tertiary/aromatic N) is 1. The van der Waals surface area contributed by atoms with Crippen LogP contribution in [0.25, 0.3) is 0 Å². The fraction of sp³-hybridized carbons (Fsp3) is 0.636. The van der Waals surface area contributed by atoms with Crippen LogP contribution >= 0.6 is 0 Å². The first-order valence-electron chi connectivity index (χ1n) is 10.2. The standard InChI is InChI=1S/C22H31NO6/c1-6-25-19(24)20(16-23)18(17-14-12-11-13-15-17)21(26-7-2,27-8-3)22(20,28-9-4)29-10-5/h11-15,18H,6-10H2,1-5H3/t18-,20+/m1/s1. The fourth-order valence-corrected chi connectivity index (χ4v) is 4.36. The van der Waals surface area contributed by atoms with Gasteiger partial charge in [0.1, 0.15) is 0 Å². The van der Waals surface area contributed by atoms with Crippen LogP contribution in [0, 0.1) is 16.7 Å². The third-order valence-electron chi connectivity index (χ3n) is 5.11. The Labute approximate surface area is 172 Å². The summed E-state index contributed by atoms with van der Waals surface area (Å²) in [5.74, 6) is -4.80. The van der Waals surface area contributed by atoms with Crippen molar-refractivity contribution in [3.8, 4) is 6.07 Å². The van der Waals surface area contributed by atoms with Crippen LogP contribution in [0.5, 0.6) is 0 Å². The molecule has 160 valence electrons. The maximum atomic E-state index is 13.3. The first-order valence-corrected chi connectivity index (χ1v) is 10.2. The van der Waals surface area contributed by atoms with E-state index in [1.807, 2.05) is 44.2 Å². The van der Waals surface area contributed by atoms with Crippen LogP contribution in [0.3, 0.4) is 0 Å². The van der Waals surface area contributed by atoms with Gasteiger partial charge < -0.3 is 23.7 Å². The zero-order valence-electron chi connectivity index (χ0n) is 17.9. The first kappa shape index (κ1) is 23.3. The maximum Gasteiger partial charge on any atom is 0.333 e. The molecule has 0 amide bonds. The van der Waals surface area contributed by atoms with Gasteiger partial charge in [-0.1, -0.05) is 30.3 Å². The first-order chi connectivity index (χ1) is 14.0. The molecule has 7 heteroatoms. The van der Waals surface area contributed by atoms with Crippen molar-refractivity contribution < 1.29 is 28.5 Å². The zero-order chi connectivity index (χ0) is 21.5. The highest BCUT2D eigenvalue weighted by Gasteiger charge is 2.90. The van der Waals surface area contributed by atoms with Gasteiger partial charge in [0.05, 0.1) is 18.6 Å². The van der Waals surface area contributed by atoms with Gasteiger partial charge in [0.2, 0.25) is 11.2 Å². The number of benzene rings is 1. The van der Waals surface area contributed by atoms with Crippen molar-refractivity contribution in [1.29, 1.82) is 5.26 Å². The van der Waals surface area contributed by atoms with E-state index in [-0.39, 0.29) is 33.0 Å². The number of nitriles is 1. The van der Waals surface area contributed by atoms with Gasteiger partial charge in [-0.2, -0.15) is 5.26 Å². The lowest BCUT2D eigenvalue weighted by Gasteiger charge is -2.67. The summed E-state index contributed by atoms with van der Waals surface area (Å²) in [6, 6.07) is 11.4. The molecule has 0 unspecified atom stereocenters. The summed E-state index contributed by atoms with van der Waals surface area (Å²) in [5, 5.41) is 10.4. The van der Waals surface area contributed by atoms with E-state index in [1.54, 1.807) is 20.8 Å². The number of ether oxygens (including phenoxy) is 5.